The van der Waals surface area contributed by atoms with E-state index in [1.807, 2.05) is 0 Å². The topological polar surface area (TPSA) is 97.6 Å². The van der Waals surface area contributed by atoms with E-state index in [1.54, 1.807) is 18.2 Å². The van der Waals surface area contributed by atoms with E-state index in [4.69, 9.17) is 0 Å². The minimum absolute atomic E-state index is 0.00111. The van der Waals surface area contributed by atoms with E-state index in [0.29, 0.717) is 5.56 Å². The lowest BCUT2D eigenvalue weighted by Gasteiger charge is -2.36. The van der Waals surface area contributed by atoms with Gasteiger partial charge < -0.3 is 10.6 Å². The van der Waals surface area contributed by atoms with Gasteiger partial charge in [0.25, 0.3) is 5.92 Å². The lowest BCUT2D eigenvalue weighted by Crippen LogP contribution is -2.54. The first-order chi connectivity index (χ1) is 16.2. The molecule has 2 N–H and O–H groups in total. The van der Waals surface area contributed by atoms with E-state index < -0.39 is 35.4 Å². The van der Waals surface area contributed by atoms with Gasteiger partial charge in [0, 0.05) is 5.56 Å². The molecule has 0 saturated carbocycles. The SMILES string of the molecule is C[C@@]12C(=O)Nc3nc(-c4nn(Cc5ccccc5F)c5ncc(F)cc45)nc(c31)NCC2(F)F. The van der Waals surface area contributed by atoms with E-state index in [2.05, 4.69) is 30.7 Å². The van der Waals surface area contributed by atoms with Crippen LogP contribution in [-0.4, -0.2) is 43.1 Å². The summed E-state index contributed by atoms with van der Waals surface area (Å²) >= 11 is 0. The fourth-order valence-corrected chi connectivity index (χ4v) is 4.42. The Bertz CT molecular complexity index is 1520. The van der Waals surface area contributed by atoms with Crippen LogP contribution in [0.25, 0.3) is 22.6 Å². The van der Waals surface area contributed by atoms with Gasteiger partial charge in [-0.25, -0.2) is 37.2 Å². The molecule has 5 heterocycles. The van der Waals surface area contributed by atoms with Gasteiger partial charge in [-0.2, -0.15) is 5.10 Å². The lowest BCUT2D eigenvalue weighted by molar-refractivity contribution is -0.135. The summed E-state index contributed by atoms with van der Waals surface area (Å²) in [5, 5.41) is 9.68. The summed E-state index contributed by atoms with van der Waals surface area (Å²) in [5.74, 6) is -5.36. The van der Waals surface area contributed by atoms with Crippen molar-refractivity contribution in [1.29, 1.82) is 0 Å². The standard InChI is InChI=1S/C22H15F4N7O/c1-21-14-16(28-9-22(21,25)26)29-18(30-17(14)31-20(21)34)15-12-6-11(23)7-27-19(12)33(32-15)8-10-4-2-3-5-13(10)24/h2-7H,8-9H2,1H3,(H2,28,29,30,31,34)/t21-/m0/s1. The first-order valence-electron chi connectivity index (χ1n) is 10.3. The molecule has 4 aromatic rings. The summed E-state index contributed by atoms with van der Waals surface area (Å²) in [4.78, 5) is 25.3. The summed E-state index contributed by atoms with van der Waals surface area (Å²) in [6, 6.07) is 7.32. The van der Waals surface area contributed by atoms with Crippen LogP contribution in [0.3, 0.4) is 0 Å². The Balaban J connectivity index is 1.54. The second-order valence-corrected chi connectivity index (χ2v) is 8.38. The number of halogens is 4. The molecule has 12 heteroatoms. The summed E-state index contributed by atoms with van der Waals surface area (Å²) in [6.45, 7) is 0.358. The molecule has 8 nitrogen and oxygen atoms in total. The zero-order valence-electron chi connectivity index (χ0n) is 17.5. The van der Waals surface area contributed by atoms with E-state index in [-0.39, 0.29) is 46.3 Å². The van der Waals surface area contributed by atoms with Crippen LogP contribution in [0.1, 0.15) is 18.1 Å². The van der Waals surface area contributed by atoms with Crippen molar-refractivity contribution in [1.82, 2.24) is 24.7 Å². The molecule has 1 amide bonds. The molecular formula is C22H15F4N7O. The van der Waals surface area contributed by atoms with Crippen LogP contribution in [0, 0.1) is 11.6 Å². The second-order valence-electron chi connectivity index (χ2n) is 8.38. The minimum Gasteiger partial charge on any atom is -0.364 e. The van der Waals surface area contributed by atoms with Crippen LogP contribution in [0.15, 0.2) is 36.5 Å². The largest absolute Gasteiger partial charge is 0.364 e. The molecule has 0 unspecified atom stereocenters. The van der Waals surface area contributed by atoms with Crippen molar-refractivity contribution in [3.63, 3.8) is 0 Å². The molecule has 1 aromatic carbocycles. The average molecular weight is 469 g/mol. The number of alkyl halides is 2. The van der Waals surface area contributed by atoms with Gasteiger partial charge in [0.1, 0.15) is 34.4 Å². The molecule has 2 aliphatic rings. The maximum Gasteiger partial charge on any atom is 0.283 e. The number of carbonyl (C=O) groups excluding carboxylic acids is 1. The number of carbonyl (C=O) groups is 1. The normalized spacial score (nSPS) is 20.2. The van der Waals surface area contributed by atoms with Crippen molar-refractivity contribution in [2.45, 2.75) is 24.8 Å². The molecule has 1 atom stereocenters. The molecule has 34 heavy (non-hydrogen) atoms. The first kappa shape index (κ1) is 20.5. The third kappa shape index (κ3) is 2.68. The van der Waals surface area contributed by atoms with E-state index >= 15 is 0 Å². The van der Waals surface area contributed by atoms with Gasteiger partial charge in [-0.15, -0.1) is 0 Å². The van der Waals surface area contributed by atoms with E-state index in [0.717, 1.165) is 13.1 Å². The van der Waals surface area contributed by atoms with Gasteiger partial charge in [-0.05, 0) is 19.1 Å². The molecule has 0 bridgehead atoms. The molecule has 3 aromatic heterocycles. The smallest absolute Gasteiger partial charge is 0.283 e. The van der Waals surface area contributed by atoms with E-state index in [1.165, 1.54) is 16.8 Å². The highest BCUT2D eigenvalue weighted by Crippen LogP contribution is 2.52. The maximum atomic E-state index is 14.7. The van der Waals surface area contributed by atoms with Crippen molar-refractivity contribution in [3.8, 4) is 11.5 Å². The highest BCUT2D eigenvalue weighted by Gasteiger charge is 2.64. The summed E-state index contributed by atoms with van der Waals surface area (Å²) in [7, 11) is 0. The van der Waals surface area contributed by atoms with Crippen LogP contribution in [0.4, 0.5) is 29.2 Å². The molecule has 0 radical (unpaired) electrons. The Morgan fingerprint density at radius 3 is 2.71 bits per heavy atom. The summed E-state index contributed by atoms with van der Waals surface area (Å²) in [5.41, 5.74) is -1.45. The van der Waals surface area contributed by atoms with E-state index in [9.17, 15) is 22.4 Å². The van der Waals surface area contributed by atoms with Crippen LogP contribution in [-0.2, 0) is 16.8 Å². The first-order valence-corrected chi connectivity index (χ1v) is 10.3. The van der Waals surface area contributed by atoms with Crippen LogP contribution >= 0.6 is 0 Å². The number of hydrogen-bond donors (Lipinski definition) is 2. The number of hydrogen-bond acceptors (Lipinski definition) is 6. The van der Waals surface area contributed by atoms with Gasteiger partial charge in [0.15, 0.2) is 11.5 Å². The number of benzene rings is 1. The van der Waals surface area contributed by atoms with Crippen LogP contribution in [0.5, 0.6) is 0 Å². The Kier molecular flexibility index (Phi) is 4.05. The molecule has 172 valence electrons. The average Bonchev–Trinajstić information content (AvgIpc) is 3.28. The summed E-state index contributed by atoms with van der Waals surface area (Å²) in [6.07, 6.45) is 1.01. The number of aromatic nitrogens is 5. The molecule has 0 aliphatic carbocycles. The van der Waals surface area contributed by atoms with Gasteiger partial charge in [0.05, 0.1) is 30.2 Å². The fourth-order valence-electron chi connectivity index (χ4n) is 4.42. The number of rotatable bonds is 3. The van der Waals surface area contributed by atoms with Crippen LogP contribution in [0.2, 0.25) is 0 Å². The van der Waals surface area contributed by atoms with Gasteiger partial charge in [-0.1, -0.05) is 18.2 Å². The number of amides is 1. The van der Waals surface area contributed by atoms with Crippen LogP contribution < -0.4 is 10.6 Å². The zero-order chi connectivity index (χ0) is 23.8. The maximum absolute atomic E-state index is 14.7. The molecule has 0 spiro atoms. The predicted molar refractivity (Wildman–Crippen MR) is 113 cm³/mol. The highest BCUT2D eigenvalue weighted by atomic mass is 19.3. The quantitative estimate of drug-likeness (QED) is 0.446. The number of pyridine rings is 1. The lowest BCUT2D eigenvalue weighted by atomic mass is 9.76. The minimum atomic E-state index is -3.36. The third-order valence-corrected chi connectivity index (χ3v) is 6.35. The number of anilines is 2. The fraction of sp³-hybridized carbons (Fsp3) is 0.227. The van der Waals surface area contributed by atoms with Crippen molar-refractivity contribution >= 4 is 28.6 Å². The third-order valence-electron chi connectivity index (χ3n) is 6.35. The summed E-state index contributed by atoms with van der Waals surface area (Å²) < 4.78 is 59.0. The zero-order valence-corrected chi connectivity index (χ0v) is 17.5. The second kappa shape index (κ2) is 6.72. The number of nitrogens with zero attached hydrogens (tertiary/aromatic N) is 5. The Morgan fingerprint density at radius 1 is 1.15 bits per heavy atom. The Hall–Kier alpha value is -4.09. The molecular weight excluding hydrogens is 454 g/mol. The van der Waals surface area contributed by atoms with Crippen molar-refractivity contribution < 1.29 is 22.4 Å². The highest BCUT2D eigenvalue weighted by molar-refractivity contribution is 6.08. The van der Waals surface area contributed by atoms with Gasteiger partial charge in [0.2, 0.25) is 5.91 Å². The number of fused-ring (bicyclic) bond motifs is 1. The van der Waals surface area contributed by atoms with Gasteiger partial charge in [-0.3, -0.25) is 4.79 Å². The Labute approximate surface area is 189 Å². The molecule has 2 aliphatic heterocycles. The number of nitrogens with one attached hydrogen (secondary N) is 2. The van der Waals surface area contributed by atoms with Gasteiger partial charge >= 0.3 is 0 Å². The monoisotopic (exact) mass is 469 g/mol. The molecule has 0 fully saturated rings. The van der Waals surface area contributed by atoms with Crippen molar-refractivity contribution in [2.24, 2.45) is 0 Å². The van der Waals surface area contributed by atoms with Crippen molar-refractivity contribution in [3.05, 3.63) is 59.3 Å². The van der Waals surface area contributed by atoms with Crippen molar-refractivity contribution in [2.75, 3.05) is 17.2 Å². The molecule has 6 rings (SSSR count). The predicted octanol–water partition coefficient (Wildman–Crippen LogP) is 3.49. The molecule has 0 saturated heterocycles. The Morgan fingerprint density at radius 2 is 1.91 bits per heavy atom.